The first-order valence-corrected chi connectivity index (χ1v) is 45.0. The van der Waals surface area contributed by atoms with Crippen molar-refractivity contribution < 1.29 is 80.2 Å². The third kappa shape index (κ3) is 74.3. The van der Waals surface area contributed by atoms with Crippen LogP contribution in [0.5, 0.6) is 0 Å². The molecule has 0 heterocycles. The summed E-state index contributed by atoms with van der Waals surface area (Å²) in [6, 6.07) is 0. The molecule has 3 N–H and O–H groups in total. The Labute approximate surface area is 613 Å². The van der Waals surface area contributed by atoms with Crippen LogP contribution in [0, 0.1) is 11.8 Å². The molecule has 0 radical (unpaired) electrons. The Morgan fingerprint density at radius 2 is 0.460 bits per heavy atom. The van der Waals surface area contributed by atoms with Gasteiger partial charge in [-0.2, -0.15) is 0 Å². The molecule has 17 nitrogen and oxygen atoms in total. The molecule has 594 valence electrons. The summed E-state index contributed by atoms with van der Waals surface area (Å²) in [6.45, 7) is 9.58. The van der Waals surface area contributed by atoms with Crippen LogP contribution in [0.4, 0.5) is 0 Å². The molecule has 19 heteroatoms. The lowest BCUT2D eigenvalue weighted by Gasteiger charge is -2.21. The lowest BCUT2D eigenvalue weighted by molar-refractivity contribution is -0.161. The molecule has 100 heavy (non-hydrogen) atoms. The van der Waals surface area contributed by atoms with Crippen molar-refractivity contribution >= 4 is 39.5 Å². The van der Waals surface area contributed by atoms with Crippen LogP contribution in [0.3, 0.4) is 0 Å². The minimum absolute atomic E-state index is 0.106. The number of ether oxygens (including phenoxy) is 4. The highest BCUT2D eigenvalue weighted by atomic mass is 31.2. The zero-order valence-electron chi connectivity index (χ0n) is 65.5. The van der Waals surface area contributed by atoms with Crippen molar-refractivity contribution in [2.45, 2.75) is 445 Å². The van der Waals surface area contributed by atoms with Gasteiger partial charge < -0.3 is 33.8 Å². The quantitative estimate of drug-likeness (QED) is 0.0222. The Bertz CT molecular complexity index is 1920. The van der Waals surface area contributed by atoms with Gasteiger partial charge in [0.2, 0.25) is 0 Å². The number of rotatable bonds is 80. The van der Waals surface area contributed by atoms with Crippen LogP contribution in [0.2, 0.25) is 0 Å². The van der Waals surface area contributed by atoms with Crippen LogP contribution in [0.1, 0.15) is 427 Å². The summed E-state index contributed by atoms with van der Waals surface area (Å²) >= 11 is 0. The number of carbonyl (C=O) groups is 4. The summed E-state index contributed by atoms with van der Waals surface area (Å²) in [6.07, 6.45) is 62.6. The van der Waals surface area contributed by atoms with Gasteiger partial charge in [0.1, 0.15) is 19.3 Å². The highest BCUT2D eigenvalue weighted by Crippen LogP contribution is 2.45. The summed E-state index contributed by atoms with van der Waals surface area (Å²) in [4.78, 5) is 73.0. The van der Waals surface area contributed by atoms with Gasteiger partial charge in [-0.15, -0.1) is 0 Å². The summed E-state index contributed by atoms with van der Waals surface area (Å²) in [5.74, 6) is -0.632. The normalized spacial score (nSPS) is 13.9. The van der Waals surface area contributed by atoms with E-state index >= 15 is 0 Å². The summed E-state index contributed by atoms with van der Waals surface area (Å²) in [5.41, 5.74) is 0. The van der Waals surface area contributed by atoms with Gasteiger partial charge in [0, 0.05) is 25.7 Å². The van der Waals surface area contributed by atoms with Gasteiger partial charge in [0.25, 0.3) is 0 Å². The fourth-order valence-corrected chi connectivity index (χ4v) is 14.1. The number of carbonyl (C=O) groups excluding carboxylic acids is 4. The van der Waals surface area contributed by atoms with Gasteiger partial charge >= 0.3 is 39.5 Å². The van der Waals surface area contributed by atoms with E-state index in [4.69, 9.17) is 37.0 Å². The van der Waals surface area contributed by atoms with Crippen molar-refractivity contribution in [1.82, 2.24) is 0 Å². The van der Waals surface area contributed by atoms with E-state index in [2.05, 4.69) is 41.5 Å². The van der Waals surface area contributed by atoms with Gasteiger partial charge in [-0.1, -0.05) is 375 Å². The number of unbranched alkanes of at least 4 members (excludes halogenated alkanes) is 50. The molecule has 0 spiro atoms. The zero-order valence-corrected chi connectivity index (χ0v) is 67.3. The van der Waals surface area contributed by atoms with Crippen LogP contribution in [0.25, 0.3) is 0 Å². The minimum Gasteiger partial charge on any atom is -0.462 e. The zero-order chi connectivity index (χ0) is 73.5. The minimum atomic E-state index is -4.96. The third-order valence-corrected chi connectivity index (χ3v) is 20.9. The molecule has 0 fully saturated rings. The standard InChI is InChI=1S/C81H158O17P2/c1-7-9-11-13-15-17-19-21-23-24-25-26-27-28-29-30-32-34-39-47-53-59-65-80(85)97-76(69-91-78(83)63-57-51-45-38-33-31-22-20-18-16-14-12-10-8-2)71-95-99(87,88)93-67-75(82)68-94-100(89,90)96-72-77(70-92-79(84)64-58-52-46-42-41-44-50-56-62-74(5)6)98-81(86)66-60-54-48-40-36-35-37-43-49-55-61-73(3)4/h73-77,82H,7-72H2,1-6H3,(H,87,88)(H,89,90)/t75-,76-,77-/m1/s1. The number of hydrogen-bond acceptors (Lipinski definition) is 15. The van der Waals surface area contributed by atoms with Crippen LogP contribution < -0.4 is 0 Å². The molecule has 0 aromatic rings. The SMILES string of the molecule is CCCCCCCCCCCCCCCCCCCCCCCCC(=O)O[C@H](COC(=O)CCCCCCCCCCCCCCCC)COP(=O)(O)OC[C@@H](O)COP(=O)(O)OC[C@@H](COC(=O)CCCCCCCCCCC(C)C)OC(=O)CCCCCCCCCCCCC(C)C. The molecule has 0 saturated carbocycles. The Kier molecular flexibility index (Phi) is 71.2. The molecule has 0 aromatic carbocycles. The first kappa shape index (κ1) is 98.1. The van der Waals surface area contributed by atoms with Crippen molar-refractivity contribution in [3.05, 3.63) is 0 Å². The average Bonchev–Trinajstić information content (AvgIpc) is 0.930. The Hall–Kier alpha value is -1.94. The van der Waals surface area contributed by atoms with Crippen molar-refractivity contribution in [3.63, 3.8) is 0 Å². The molecule has 0 saturated heterocycles. The monoisotopic (exact) mass is 1470 g/mol. The maximum absolute atomic E-state index is 13.1. The number of hydrogen-bond donors (Lipinski definition) is 3. The maximum atomic E-state index is 13.1. The highest BCUT2D eigenvalue weighted by molar-refractivity contribution is 7.47. The molecule has 2 unspecified atom stereocenters. The van der Waals surface area contributed by atoms with Crippen LogP contribution in [-0.2, 0) is 65.4 Å². The molecular formula is C81H158O17P2. The molecule has 0 aliphatic heterocycles. The van der Waals surface area contributed by atoms with Crippen molar-refractivity contribution in [2.24, 2.45) is 11.8 Å². The molecule has 0 bridgehead atoms. The second kappa shape index (κ2) is 72.6. The first-order valence-electron chi connectivity index (χ1n) is 42.0. The second-order valence-corrected chi connectivity index (χ2v) is 33.0. The highest BCUT2D eigenvalue weighted by Gasteiger charge is 2.30. The summed E-state index contributed by atoms with van der Waals surface area (Å²) < 4.78 is 68.7. The Morgan fingerprint density at radius 3 is 0.680 bits per heavy atom. The lowest BCUT2D eigenvalue weighted by Crippen LogP contribution is -2.30. The topological polar surface area (TPSA) is 237 Å². The third-order valence-electron chi connectivity index (χ3n) is 19.0. The van der Waals surface area contributed by atoms with Crippen LogP contribution >= 0.6 is 15.6 Å². The second-order valence-electron chi connectivity index (χ2n) is 30.1. The van der Waals surface area contributed by atoms with E-state index in [-0.39, 0.29) is 25.7 Å². The summed E-state index contributed by atoms with van der Waals surface area (Å²) in [7, 11) is -9.92. The first-order chi connectivity index (χ1) is 48.4. The van der Waals surface area contributed by atoms with E-state index in [0.717, 1.165) is 102 Å². The van der Waals surface area contributed by atoms with Gasteiger partial charge in [0.05, 0.1) is 26.4 Å². The number of esters is 4. The summed E-state index contributed by atoms with van der Waals surface area (Å²) in [5, 5.41) is 10.6. The maximum Gasteiger partial charge on any atom is 0.472 e. The van der Waals surface area contributed by atoms with Crippen molar-refractivity contribution in [2.75, 3.05) is 39.6 Å². The Balaban J connectivity index is 5.21. The fraction of sp³-hybridized carbons (Fsp3) is 0.951. The van der Waals surface area contributed by atoms with E-state index in [1.54, 1.807) is 0 Å². The number of aliphatic hydroxyl groups is 1. The molecular weight excluding hydrogens is 1310 g/mol. The Morgan fingerprint density at radius 1 is 0.270 bits per heavy atom. The smallest absolute Gasteiger partial charge is 0.462 e. The molecule has 0 aliphatic carbocycles. The average molecular weight is 1470 g/mol. The van der Waals surface area contributed by atoms with Crippen molar-refractivity contribution in [3.8, 4) is 0 Å². The van der Waals surface area contributed by atoms with E-state index < -0.39 is 97.5 Å². The number of phosphoric ester groups is 2. The van der Waals surface area contributed by atoms with Gasteiger partial charge in [-0.05, 0) is 37.5 Å². The van der Waals surface area contributed by atoms with Gasteiger partial charge in [-0.3, -0.25) is 37.3 Å². The molecule has 5 atom stereocenters. The van der Waals surface area contributed by atoms with Gasteiger partial charge in [-0.25, -0.2) is 9.13 Å². The molecule has 0 amide bonds. The predicted molar refractivity (Wildman–Crippen MR) is 409 cm³/mol. The van der Waals surface area contributed by atoms with Crippen LogP contribution in [0.15, 0.2) is 0 Å². The van der Waals surface area contributed by atoms with Crippen LogP contribution in [-0.4, -0.2) is 96.7 Å². The van der Waals surface area contributed by atoms with Crippen molar-refractivity contribution in [1.29, 1.82) is 0 Å². The van der Waals surface area contributed by atoms with E-state index in [9.17, 15) is 43.2 Å². The molecule has 0 aromatic heterocycles. The number of phosphoric acid groups is 2. The predicted octanol–water partition coefficient (Wildman–Crippen LogP) is 24.3. The molecule has 0 aliphatic rings. The van der Waals surface area contributed by atoms with E-state index in [1.165, 1.54) is 244 Å². The van der Waals surface area contributed by atoms with E-state index in [1.807, 2.05) is 0 Å². The lowest BCUT2D eigenvalue weighted by atomic mass is 10.0. The fourth-order valence-electron chi connectivity index (χ4n) is 12.5. The molecule has 0 rings (SSSR count). The van der Waals surface area contributed by atoms with E-state index in [0.29, 0.717) is 25.7 Å². The largest absolute Gasteiger partial charge is 0.472 e. The number of aliphatic hydroxyl groups excluding tert-OH is 1. The van der Waals surface area contributed by atoms with Gasteiger partial charge in [0.15, 0.2) is 12.2 Å².